The Morgan fingerprint density at radius 1 is 1.24 bits per heavy atom. The van der Waals surface area contributed by atoms with E-state index in [-0.39, 0.29) is 28.7 Å². The van der Waals surface area contributed by atoms with Gasteiger partial charge in [-0.3, -0.25) is 0 Å². The van der Waals surface area contributed by atoms with Gasteiger partial charge in [0.15, 0.2) is 0 Å². The van der Waals surface area contributed by atoms with Crippen molar-refractivity contribution in [1.82, 2.24) is 10.6 Å². The number of nitrogens with one attached hydrogen (secondary N) is 2. The largest absolute Gasteiger partial charge is 0.508 e. The van der Waals surface area contributed by atoms with Crippen LogP contribution in [0.1, 0.15) is 59.1 Å². The van der Waals surface area contributed by atoms with Crippen LogP contribution in [0.25, 0.3) is 0 Å². The van der Waals surface area contributed by atoms with Crippen LogP contribution in [-0.4, -0.2) is 22.2 Å². The summed E-state index contributed by atoms with van der Waals surface area (Å²) < 4.78 is 13.9. The van der Waals surface area contributed by atoms with Gasteiger partial charge in [0, 0.05) is 34.8 Å². The zero-order valence-electron chi connectivity index (χ0n) is 13.6. The average molecular weight is 294 g/mol. The van der Waals surface area contributed by atoms with Crippen molar-refractivity contribution in [3.63, 3.8) is 0 Å². The van der Waals surface area contributed by atoms with Gasteiger partial charge in [-0.05, 0) is 53.5 Å². The summed E-state index contributed by atoms with van der Waals surface area (Å²) in [5.41, 5.74) is 0.723. The summed E-state index contributed by atoms with van der Waals surface area (Å²) in [6.45, 7) is 10.8. The molecule has 118 valence electrons. The number of phenols is 1. The molecule has 1 fully saturated rings. The molecule has 0 aliphatic carbocycles. The van der Waals surface area contributed by atoms with Crippen molar-refractivity contribution in [3.05, 3.63) is 29.6 Å². The first-order valence-corrected chi connectivity index (χ1v) is 7.62. The fraction of sp³-hybridized carbons (Fsp3) is 0.647. The molecule has 1 aliphatic rings. The second-order valence-corrected chi connectivity index (χ2v) is 7.59. The van der Waals surface area contributed by atoms with E-state index in [1.807, 2.05) is 6.92 Å². The Hall–Kier alpha value is -1.13. The van der Waals surface area contributed by atoms with E-state index in [2.05, 4.69) is 38.3 Å². The molecule has 0 spiro atoms. The van der Waals surface area contributed by atoms with Crippen LogP contribution in [0, 0.1) is 5.82 Å². The zero-order chi connectivity index (χ0) is 15.8. The average Bonchev–Trinajstić information content (AvgIpc) is 2.23. The van der Waals surface area contributed by atoms with E-state index < -0.39 is 0 Å². The van der Waals surface area contributed by atoms with Crippen LogP contribution in [0.5, 0.6) is 5.75 Å². The predicted molar refractivity (Wildman–Crippen MR) is 83.9 cm³/mol. The second kappa shape index (κ2) is 5.58. The van der Waals surface area contributed by atoms with E-state index in [1.165, 1.54) is 12.1 Å². The number of phenolic OH excluding ortho intramolecular Hbond substituents is 1. The first-order valence-electron chi connectivity index (χ1n) is 7.62. The zero-order valence-corrected chi connectivity index (χ0v) is 13.6. The summed E-state index contributed by atoms with van der Waals surface area (Å²) in [6.07, 6.45) is 2.00. The number of halogens is 1. The molecule has 0 radical (unpaired) electrons. The van der Waals surface area contributed by atoms with Gasteiger partial charge in [0.1, 0.15) is 11.6 Å². The number of rotatable bonds is 3. The van der Waals surface area contributed by atoms with Crippen LogP contribution in [-0.2, 0) is 0 Å². The van der Waals surface area contributed by atoms with Gasteiger partial charge in [0.05, 0.1) is 0 Å². The minimum absolute atomic E-state index is 0.0346. The number of piperidine rings is 1. The standard InChI is InChI=1S/C17H27FN2O/c1-11(14-7-6-13(21)8-15(14)18)19-12-9-16(2,3)20-17(4,5)10-12/h6-8,11-12,19-21H,9-10H2,1-5H3. The molecule has 0 saturated carbocycles. The highest BCUT2D eigenvalue weighted by Gasteiger charge is 2.38. The second-order valence-electron chi connectivity index (χ2n) is 7.59. The topological polar surface area (TPSA) is 44.3 Å². The fourth-order valence-corrected chi connectivity index (χ4v) is 3.75. The van der Waals surface area contributed by atoms with Gasteiger partial charge in [-0.25, -0.2) is 4.39 Å². The third-order valence-electron chi connectivity index (χ3n) is 4.13. The Morgan fingerprint density at radius 3 is 2.33 bits per heavy atom. The minimum Gasteiger partial charge on any atom is -0.508 e. The molecular weight excluding hydrogens is 267 g/mol. The van der Waals surface area contributed by atoms with Crippen LogP contribution in [0.3, 0.4) is 0 Å². The van der Waals surface area contributed by atoms with Crippen molar-refractivity contribution < 1.29 is 9.50 Å². The maximum absolute atomic E-state index is 13.9. The molecule has 2 rings (SSSR count). The van der Waals surface area contributed by atoms with Crippen molar-refractivity contribution in [2.75, 3.05) is 0 Å². The SMILES string of the molecule is CC(NC1CC(C)(C)NC(C)(C)C1)c1ccc(O)cc1F. The number of hydrogen-bond acceptors (Lipinski definition) is 3. The predicted octanol–water partition coefficient (Wildman–Crippen LogP) is 3.49. The van der Waals surface area contributed by atoms with Gasteiger partial charge < -0.3 is 15.7 Å². The first kappa shape index (κ1) is 16.2. The molecule has 3 N–H and O–H groups in total. The molecule has 1 unspecified atom stereocenters. The van der Waals surface area contributed by atoms with Gasteiger partial charge >= 0.3 is 0 Å². The number of aromatic hydroxyl groups is 1. The van der Waals surface area contributed by atoms with Crippen molar-refractivity contribution in [3.8, 4) is 5.75 Å². The monoisotopic (exact) mass is 294 g/mol. The van der Waals surface area contributed by atoms with Crippen LogP contribution >= 0.6 is 0 Å². The molecule has 0 amide bonds. The van der Waals surface area contributed by atoms with Crippen molar-refractivity contribution in [1.29, 1.82) is 0 Å². The number of benzene rings is 1. The third-order valence-corrected chi connectivity index (χ3v) is 4.13. The molecule has 1 atom stereocenters. The van der Waals surface area contributed by atoms with Gasteiger partial charge in [-0.1, -0.05) is 6.07 Å². The molecule has 3 nitrogen and oxygen atoms in total. The van der Waals surface area contributed by atoms with Crippen LogP contribution in [0.4, 0.5) is 4.39 Å². The molecule has 1 aliphatic heterocycles. The van der Waals surface area contributed by atoms with Gasteiger partial charge in [-0.15, -0.1) is 0 Å². The lowest BCUT2D eigenvalue weighted by Gasteiger charge is -2.47. The first-order chi connectivity index (χ1) is 9.58. The smallest absolute Gasteiger partial charge is 0.131 e. The molecule has 0 aromatic heterocycles. The van der Waals surface area contributed by atoms with E-state index in [1.54, 1.807) is 6.07 Å². The Morgan fingerprint density at radius 2 is 1.81 bits per heavy atom. The lowest BCUT2D eigenvalue weighted by atomic mass is 9.79. The van der Waals surface area contributed by atoms with Crippen molar-refractivity contribution in [2.45, 2.75) is 70.6 Å². The lowest BCUT2D eigenvalue weighted by Crippen LogP contribution is -2.61. The molecule has 1 aromatic rings. The molecular formula is C17H27FN2O. The Bertz CT molecular complexity index is 498. The highest BCUT2D eigenvalue weighted by atomic mass is 19.1. The van der Waals surface area contributed by atoms with Crippen molar-refractivity contribution >= 4 is 0 Å². The van der Waals surface area contributed by atoms with E-state index >= 15 is 0 Å². The quantitative estimate of drug-likeness (QED) is 0.799. The Kier molecular flexibility index (Phi) is 4.31. The van der Waals surface area contributed by atoms with Crippen LogP contribution in [0.15, 0.2) is 18.2 Å². The molecule has 0 bridgehead atoms. The van der Waals surface area contributed by atoms with Gasteiger partial charge in [0.25, 0.3) is 0 Å². The minimum atomic E-state index is -0.359. The third kappa shape index (κ3) is 4.17. The summed E-state index contributed by atoms with van der Waals surface area (Å²) in [4.78, 5) is 0. The van der Waals surface area contributed by atoms with Crippen LogP contribution < -0.4 is 10.6 Å². The summed E-state index contributed by atoms with van der Waals surface area (Å²) in [6, 6.07) is 4.61. The van der Waals surface area contributed by atoms with Crippen LogP contribution in [0.2, 0.25) is 0 Å². The van der Waals surface area contributed by atoms with Gasteiger partial charge in [0.2, 0.25) is 0 Å². The summed E-state index contributed by atoms with van der Waals surface area (Å²) >= 11 is 0. The molecule has 4 heteroatoms. The maximum atomic E-state index is 13.9. The highest BCUT2D eigenvalue weighted by molar-refractivity contribution is 5.29. The summed E-state index contributed by atoms with van der Waals surface area (Å²) in [5, 5.41) is 16.5. The highest BCUT2D eigenvalue weighted by Crippen LogP contribution is 2.30. The van der Waals surface area contributed by atoms with E-state index in [9.17, 15) is 9.50 Å². The van der Waals surface area contributed by atoms with E-state index in [0.29, 0.717) is 11.6 Å². The summed E-state index contributed by atoms with van der Waals surface area (Å²) in [5.74, 6) is -0.393. The Balaban J connectivity index is 2.10. The molecule has 21 heavy (non-hydrogen) atoms. The van der Waals surface area contributed by atoms with E-state index in [4.69, 9.17) is 0 Å². The maximum Gasteiger partial charge on any atom is 0.131 e. The summed E-state index contributed by atoms with van der Waals surface area (Å²) in [7, 11) is 0. The fourth-order valence-electron chi connectivity index (χ4n) is 3.75. The van der Waals surface area contributed by atoms with Gasteiger partial charge in [-0.2, -0.15) is 0 Å². The van der Waals surface area contributed by atoms with E-state index in [0.717, 1.165) is 12.8 Å². The Labute approximate surface area is 126 Å². The molecule has 1 saturated heterocycles. The molecule has 1 heterocycles. The number of hydrogen-bond donors (Lipinski definition) is 3. The lowest BCUT2D eigenvalue weighted by molar-refractivity contribution is 0.140. The normalized spacial score (nSPS) is 23.0. The van der Waals surface area contributed by atoms with Crippen molar-refractivity contribution in [2.24, 2.45) is 0 Å². The molecule has 1 aromatic carbocycles.